The van der Waals surface area contributed by atoms with E-state index in [0.29, 0.717) is 11.5 Å². The normalized spacial score (nSPS) is 13.2. The second-order valence-electron chi connectivity index (χ2n) is 5.64. The quantitative estimate of drug-likeness (QED) is 0.778. The molecule has 0 aromatic heterocycles. The van der Waals surface area contributed by atoms with Crippen LogP contribution < -0.4 is 14.8 Å². The minimum absolute atomic E-state index is 0.0639. The zero-order valence-corrected chi connectivity index (χ0v) is 14.6. The zero-order chi connectivity index (χ0) is 18.7. The molecule has 136 valence electrons. The maximum absolute atomic E-state index is 12.0. The Hall–Kier alpha value is -2.93. The highest BCUT2D eigenvalue weighted by Crippen LogP contribution is 2.34. The molecular weight excluding hydrogens is 362 g/mol. The standard InChI is InChI=1S/C18H16ClNO6/c1-10(11-2-5-15-16(6-11)26-9-25-15)20-17(22)8-24-18(23)13-4-3-12(19)7-14(13)21/h2-7,10,21H,8-9H2,1H3,(H,20,22). The van der Waals surface area contributed by atoms with Crippen molar-refractivity contribution in [3.05, 3.63) is 52.5 Å². The van der Waals surface area contributed by atoms with Crippen LogP contribution in [0.25, 0.3) is 0 Å². The molecule has 26 heavy (non-hydrogen) atoms. The van der Waals surface area contributed by atoms with E-state index in [9.17, 15) is 14.7 Å². The van der Waals surface area contributed by atoms with Crippen LogP contribution in [0.1, 0.15) is 28.9 Å². The zero-order valence-electron chi connectivity index (χ0n) is 13.8. The Morgan fingerprint density at radius 2 is 2.00 bits per heavy atom. The van der Waals surface area contributed by atoms with Gasteiger partial charge in [-0.2, -0.15) is 0 Å². The van der Waals surface area contributed by atoms with E-state index in [2.05, 4.69) is 5.32 Å². The Morgan fingerprint density at radius 3 is 2.77 bits per heavy atom. The number of halogens is 1. The van der Waals surface area contributed by atoms with E-state index >= 15 is 0 Å². The van der Waals surface area contributed by atoms with Crippen LogP contribution in [0.15, 0.2) is 36.4 Å². The van der Waals surface area contributed by atoms with Gasteiger partial charge < -0.3 is 24.6 Å². The molecule has 2 aromatic rings. The monoisotopic (exact) mass is 377 g/mol. The number of nitrogens with one attached hydrogen (secondary N) is 1. The van der Waals surface area contributed by atoms with Crippen LogP contribution in [-0.4, -0.2) is 30.4 Å². The Kier molecular flexibility index (Phi) is 5.18. The first-order chi connectivity index (χ1) is 12.4. The number of fused-ring (bicyclic) bond motifs is 1. The molecule has 0 saturated heterocycles. The first-order valence-corrected chi connectivity index (χ1v) is 8.16. The number of hydrogen-bond donors (Lipinski definition) is 2. The fraction of sp³-hybridized carbons (Fsp3) is 0.222. The number of aromatic hydroxyl groups is 1. The Morgan fingerprint density at radius 1 is 1.23 bits per heavy atom. The number of hydrogen-bond acceptors (Lipinski definition) is 6. The van der Waals surface area contributed by atoms with Crippen LogP contribution in [0, 0.1) is 0 Å². The lowest BCUT2D eigenvalue weighted by atomic mass is 10.1. The summed E-state index contributed by atoms with van der Waals surface area (Å²) in [5.41, 5.74) is 0.760. The van der Waals surface area contributed by atoms with Gasteiger partial charge in [-0.25, -0.2) is 4.79 Å². The minimum atomic E-state index is -0.815. The largest absolute Gasteiger partial charge is 0.507 e. The van der Waals surface area contributed by atoms with Crippen molar-refractivity contribution in [2.75, 3.05) is 13.4 Å². The van der Waals surface area contributed by atoms with Gasteiger partial charge >= 0.3 is 5.97 Å². The maximum atomic E-state index is 12.0. The highest BCUT2D eigenvalue weighted by atomic mass is 35.5. The first kappa shape index (κ1) is 17.9. The van der Waals surface area contributed by atoms with Crippen LogP contribution in [0.4, 0.5) is 0 Å². The first-order valence-electron chi connectivity index (χ1n) is 7.78. The summed E-state index contributed by atoms with van der Waals surface area (Å²) in [6.45, 7) is 1.49. The lowest BCUT2D eigenvalue weighted by Gasteiger charge is -2.15. The summed E-state index contributed by atoms with van der Waals surface area (Å²) < 4.78 is 15.5. The molecule has 1 amide bonds. The van der Waals surface area contributed by atoms with Gasteiger partial charge in [0.2, 0.25) is 6.79 Å². The van der Waals surface area contributed by atoms with Crippen LogP contribution in [0.5, 0.6) is 17.2 Å². The van der Waals surface area contributed by atoms with E-state index in [0.717, 1.165) is 5.56 Å². The molecule has 0 spiro atoms. The van der Waals surface area contributed by atoms with Gasteiger partial charge in [0.05, 0.1) is 6.04 Å². The summed E-state index contributed by atoms with van der Waals surface area (Å²) in [6, 6.07) is 9.04. The van der Waals surface area contributed by atoms with Gasteiger partial charge in [-0.05, 0) is 42.8 Å². The van der Waals surface area contributed by atoms with Gasteiger partial charge in [0.15, 0.2) is 18.1 Å². The molecule has 1 aliphatic heterocycles. The van der Waals surface area contributed by atoms with Crippen LogP contribution in [-0.2, 0) is 9.53 Å². The van der Waals surface area contributed by atoms with Crippen molar-refractivity contribution in [2.45, 2.75) is 13.0 Å². The number of rotatable bonds is 5. The van der Waals surface area contributed by atoms with Crippen LogP contribution >= 0.6 is 11.6 Å². The summed E-state index contributed by atoms with van der Waals surface area (Å²) in [6.07, 6.45) is 0. The van der Waals surface area contributed by atoms with Gasteiger partial charge in [0.1, 0.15) is 11.3 Å². The number of carbonyl (C=O) groups is 2. The molecule has 0 radical (unpaired) electrons. The van der Waals surface area contributed by atoms with Crippen molar-refractivity contribution in [1.82, 2.24) is 5.32 Å². The molecule has 7 nitrogen and oxygen atoms in total. The van der Waals surface area contributed by atoms with Crippen molar-refractivity contribution in [3.8, 4) is 17.2 Å². The average Bonchev–Trinajstić information content (AvgIpc) is 3.07. The van der Waals surface area contributed by atoms with Crippen molar-refractivity contribution in [1.29, 1.82) is 0 Å². The van der Waals surface area contributed by atoms with E-state index in [-0.39, 0.29) is 29.2 Å². The maximum Gasteiger partial charge on any atom is 0.342 e. The lowest BCUT2D eigenvalue weighted by molar-refractivity contribution is -0.124. The number of ether oxygens (including phenoxy) is 3. The van der Waals surface area contributed by atoms with E-state index in [1.54, 1.807) is 19.1 Å². The lowest BCUT2D eigenvalue weighted by Crippen LogP contribution is -2.31. The molecule has 0 saturated carbocycles. The van der Waals surface area contributed by atoms with Crippen molar-refractivity contribution >= 4 is 23.5 Å². The van der Waals surface area contributed by atoms with Gasteiger partial charge in [0, 0.05) is 5.02 Å². The second kappa shape index (κ2) is 7.53. The van der Waals surface area contributed by atoms with Gasteiger partial charge in [-0.3, -0.25) is 4.79 Å². The molecule has 0 bridgehead atoms. The SMILES string of the molecule is CC(NC(=O)COC(=O)c1ccc(Cl)cc1O)c1ccc2c(c1)OCO2. The fourth-order valence-electron chi connectivity index (χ4n) is 2.44. The number of esters is 1. The smallest absolute Gasteiger partial charge is 0.342 e. The number of amides is 1. The van der Waals surface area contributed by atoms with Crippen molar-refractivity contribution in [3.63, 3.8) is 0 Å². The predicted molar refractivity (Wildman–Crippen MR) is 92.5 cm³/mol. The molecule has 1 heterocycles. The van der Waals surface area contributed by atoms with E-state index < -0.39 is 18.5 Å². The Bertz CT molecular complexity index is 854. The second-order valence-corrected chi connectivity index (χ2v) is 6.08. The topological polar surface area (TPSA) is 94.1 Å². The third-order valence-corrected chi connectivity index (χ3v) is 4.02. The number of phenolic OH excluding ortho intramolecular Hbond substituents is 1. The molecule has 0 fully saturated rings. The van der Waals surface area contributed by atoms with E-state index in [1.165, 1.54) is 18.2 Å². The molecule has 2 aromatic carbocycles. The van der Waals surface area contributed by atoms with Crippen molar-refractivity contribution < 1.29 is 28.9 Å². The van der Waals surface area contributed by atoms with E-state index in [4.69, 9.17) is 25.8 Å². The predicted octanol–water partition coefficient (Wildman–Crippen LogP) is 2.81. The number of phenols is 1. The summed E-state index contributed by atoms with van der Waals surface area (Å²) in [7, 11) is 0. The third kappa shape index (κ3) is 4.00. The van der Waals surface area contributed by atoms with Gasteiger partial charge in [-0.15, -0.1) is 0 Å². The van der Waals surface area contributed by atoms with Gasteiger partial charge in [0.25, 0.3) is 5.91 Å². The van der Waals surface area contributed by atoms with Crippen LogP contribution in [0.2, 0.25) is 5.02 Å². The fourth-order valence-corrected chi connectivity index (χ4v) is 2.60. The molecule has 2 N–H and O–H groups in total. The summed E-state index contributed by atoms with van der Waals surface area (Å²) in [5.74, 6) is -0.323. The van der Waals surface area contributed by atoms with Gasteiger partial charge in [-0.1, -0.05) is 17.7 Å². The van der Waals surface area contributed by atoms with Crippen molar-refractivity contribution in [2.24, 2.45) is 0 Å². The highest BCUT2D eigenvalue weighted by Gasteiger charge is 2.18. The number of benzene rings is 2. The third-order valence-electron chi connectivity index (χ3n) is 3.79. The molecule has 3 rings (SSSR count). The summed E-state index contributed by atoms with van der Waals surface area (Å²) >= 11 is 5.71. The highest BCUT2D eigenvalue weighted by molar-refractivity contribution is 6.30. The molecule has 1 atom stereocenters. The molecule has 1 unspecified atom stereocenters. The molecule has 0 aliphatic carbocycles. The summed E-state index contributed by atoms with van der Waals surface area (Å²) in [5, 5.41) is 12.7. The van der Waals surface area contributed by atoms with Crippen LogP contribution in [0.3, 0.4) is 0 Å². The molecule has 8 heteroatoms. The number of carbonyl (C=O) groups excluding carboxylic acids is 2. The average molecular weight is 378 g/mol. The van der Waals surface area contributed by atoms with E-state index in [1.807, 2.05) is 6.07 Å². The molecule has 1 aliphatic rings. The molecular formula is C18H16ClNO6. The minimum Gasteiger partial charge on any atom is -0.507 e. The Labute approximate surface area is 154 Å². The Balaban J connectivity index is 1.54. The summed E-state index contributed by atoms with van der Waals surface area (Å²) in [4.78, 5) is 23.9.